The van der Waals surface area contributed by atoms with Gasteiger partial charge in [-0.2, -0.15) is 10.5 Å². The van der Waals surface area contributed by atoms with Gasteiger partial charge in [0.25, 0.3) is 0 Å². The van der Waals surface area contributed by atoms with Crippen LogP contribution < -0.4 is 15.0 Å². The zero-order chi connectivity index (χ0) is 21.8. The van der Waals surface area contributed by atoms with Gasteiger partial charge in [0.05, 0.1) is 36.5 Å². The Bertz CT molecular complexity index is 901. The Kier molecular flexibility index (Phi) is 8.81. The van der Waals surface area contributed by atoms with Crippen molar-refractivity contribution in [2.75, 3.05) is 29.9 Å². The quantitative estimate of drug-likeness (QED) is 0.313. The maximum absolute atomic E-state index is 11.8. The summed E-state index contributed by atoms with van der Waals surface area (Å²) in [6, 6.07) is 11.1. The average molecular weight is 409 g/mol. The molecule has 10 nitrogen and oxygen atoms in total. The molecule has 2 aromatic rings. The summed E-state index contributed by atoms with van der Waals surface area (Å²) in [5.41, 5.74) is 0.294. The maximum atomic E-state index is 11.8. The third-order valence-electron chi connectivity index (χ3n) is 4.16. The highest BCUT2D eigenvalue weighted by Gasteiger charge is 2.27. The van der Waals surface area contributed by atoms with Gasteiger partial charge in [0.2, 0.25) is 11.6 Å². The molecule has 1 N–H and O–H groups in total. The first-order chi connectivity index (χ1) is 14.6. The predicted molar refractivity (Wildman–Crippen MR) is 111 cm³/mol. The standard InChI is InChI=1S/C20H23N7O3/c1-2-3-14-30-17-8-6-16(7-9-17)25-19-18(27(28)29)20(24-15-23-19)26(12-4-10-21)13-5-11-22/h6-9,15H,2-5,12-14H2,1H3,(H,23,24,25). The van der Waals surface area contributed by atoms with Crippen LogP contribution in [0.25, 0.3) is 0 Å². The molecule has 0 spiro atoms. The largest absolute Gasteiger partial charge is 0.494 e. The highest BCUT2D eigenvalue weighted by molar-refractivity contribution is 5.74. The number of nitrogens with zero attached hydrogens (tertiary/aromatic N) is 6. The number of benzene rings is 1. The lowest BCUT2D eigenvalue weighted by Gasteiger charge is -2.21. The Morgan fingerprint density at radius 2 is 1.83 bits per heavy atom. The summed E-state index contributed by atoms with van der Waals surface area (Å²) in [6.07, 6.45) is 3.52. The van der Waals surface area contributed by atoms with Crippen molar-refractivity contribution in [3.8, 4) is 17.9 Å². The van der Waals surface area contributed by atoms with E-state index in [0.717, 1.165) is 12.8 Å². The fourth-order valence-corrected chi connectivity index (χ4v) is 2.66. The van der Waals surface area contributed by atoms with Crippen molar-refractivity contribution in [2.45, 2.75) is 32.6 Å². The Balaban J connectivity index is 2.28. The van der Waals surface area contributed by atoms with Crippen LogP contribution in [-0.4, -0.2) is 34.6 Å². The molecule has 0 saturated carbocycles. The number of hydrogen-bond acceptors (Lipinski definition) is 9. The second kappa shape index (κ2) is 11.8. The molecule has 1 heterocycles. The van der Waals surface area contributed by atoms with Crippen LogP contribution >= 0.6 is 0 Å². The fourth-order valence-electron chi connectivity index (χ4n) is 2.66. The third kappa shape index (κ3) is 6.31. The minimum Gasteiger partial charge on any atom is -0.494 e. The smallest absolute Gasteiger partial charge is 0.353 e. The number of hydrogen-bond donors (Lipinski definition) is 1. The zero-order valence-corrected chi connectivity index (χ0v) is 16.7. The van der Waals surface area contributed by atoms with Crippen LogP contribution in [0.1, 0.15) is 32.6 Å². The number of anilines is 3. The first kappa shape index (κ1) is 22.4. The molecule has 0 aliphatic rings. The van der Waals surface area contributed by atoms with E-state index in [1.807, 2.05) is 12.1 Å². The van der Waals surface area contributed by atoms with E-state index in [-0.39, 0.29) is 43.3 Å². The molecule has 156 valence electrons. The average Bonchev–Trinajstić information content (AvgIpc) is 2.75. The van der Waals surface area contributed by atoms with Crippen LogP contribution in [0.3, 0.4) is 0 Å². The van der Waals surface area contributed by atoms with Crippen LogP contribution in [-0.2, 0) is 0 Å². The predicted octanol–water partition coefficient (Wildman–Crippen LogP) is 3.94. The van der Waals surface area contributed by atoms with Gasteiger partial charge in [-0.05, 0) is 30.7 Å². The van der Waals surface area contributed by atoms with E-state index in [4.69, 9.17) is 15.3 Å². The minimum absolute atomic E-state index is 0.0311. The molecule has 0 unspecified atom stereocenters. The van der Waals surface area contributed by atoms with Gasteiger partial charge < -0.3 is 15.0 Å². The van der Waals surface area contributed by atoms with Gasteiger partial charge in [-0.15, -0.1) is 0 Å². The van der Waals surface area contributed by atoms with Gasteiger partial charge in [-0.1, -0.05) is 13.3 Å². The van der Waals surface area contributed by atoms with E-state index in [0.29, 0.717) is 18.0 Å². The molecule has 30 heavy (non-hydrogen) atoms. The molecule has 1 aromatic heterocycles. The van der Waals surface area contributed by atoms with E-state index >= 15 is 0 Å². The third-order valence-corrected chi connectivity index (χ3v) is 4.16. The summed E-state index contributed by atoms with van der Waals surface area (Å²) in [4.78, 5) is 20.9. The number of nitro groups is 1. The van der Waals surface area contributed by atoms with Gasteiger partial charge >= 0.3 is 5.69 Å². The highest BCUT2D eigenvalue weighted by atomic mass is 16.6. The van der Waals surface area contributed by atoms with Crippen molar-refractivity contribution < 1.29 is 9.66 Å². The van der Waals surface area contributed by atoms with Gasteiger partial charge in [0.1, 0.15) is 12.1 Å². The SMILES string of the molecule is CCCCOc1ccc(Nc2ncnc(N(CCC#N)CCC#N)c2[N+](=O)[O-])cc1. The van der Waals surface area contributed by atoms with Gasteiger partial charge in [0.15, 0.2) is 0 Å². The monoisotopic (exact) mass is 409 g/mol. The molecule has 0 saturated heterocycles. The summed E-state index contributed by atoms with van der Waals surface area (Å²) < 4.78 is 5.62. The van der Waals surface area contributed by atoms with E-state index in [9.17, 15) is 10.1 Å². The fraction of sp³-hybridized carbons (Fsp3) is 0.400. The van der Waals surface area contributed by atoms with Crippen molar-refractivity contribution in [3.05, 3.63) is 40.7 Å². The first-order valence-electron chi connectivity index (χ1n) is 9.58. The number of rotatable bonds is 12. The topological polar surface area (TPSA) is 141 Å². The molecule has 0 aliphatic carbocycles. The van der Waals surface area contributed by atoms with Gasteiger partial charge in [-0.3, -0.25) is 10.1 Å². The highest BCUT2D eigenvalue weighted by Crippen LogP contribution is 2.34. The van der Waals surface area contributed by atoms with Crippen LogP contribution in [0.15, 0.2) is 30.6 Å². The normalized spacial score (nSPS) is 9.97. The Morgan fingerprint density at radius 1 is 1.17 bits per heavy atom. The number of unbranched alkanes of at least 4 members (excludes halogenated alkanes) is 1. The van der Waals surface area contributed by atoms with Crippen molar-refractivity contribution in [3.63, 3.8) is 0 Å². The van der Waals surface area contributed by atoms with Crippen LogP contribution in [0.2, 0.25) is 0 Å². The van der Waals surface area contributed by atoms with Crippen LogP contribution in [0, 0.1) is 32.8 Å². The molecule has 0 aliphatic heterocycles. The molecule has 1 aromatic carbocycles. The van der Waals surface area contributed by atoms with Crippen molar-refractivity contribution in [1.82, 2.24) is 9.97 Å². The Hall–Kier alpha value is -3.92. The van der Waals surface area contributed by atoms with E-state index < -0.39 is 4.92 Å². The Labute approximate surface area is 174 Å². The summed E-state index contributed by atoms with van der Waals surface area (Å²) in [5.74, 6) is 0.817. The molecule has 0 fully saturated rings. The molecule has 2 rings (SSSR count). The lowest BCUT2D eigenvalue weighted by atomic mass is 10.2. The minimum atomic E-state index is -0.564. The number of nitrogens with one attached hydrogen (secondary N) is 1. The van der Waals surface area contributed by atoms with Crippen molar-refractivity contribution in [1.29, 1.82) is 10.5 Å². The van der Waals surface area contributed by atoms with Gasteiger partial charge in [0, 0.05) is 18.8 Å². The first-order valence-corrected chi connectivity index (χ1v) is 9.58. The van der Waals surface area contributed by atoms with Gasteiger partial charge in [-0.25, -0.2) is 9.97 Å². The number of aromatic nitrogens is 2. The maximum Gasteiger partial charge on any atom is 0.353 e. The van der Waals surface area contributed by atoms with E-state index in [1.165, 1.54) is 6.33 Å². The van der Waals surface area contributed by atoms with Crippen LogP contribution in [0.5, 0.6) is 5.75 Å². The molecular weight excluding hydrogens is 386 g/mol. The molecule has 0 atom stereocenters. The lowest BCUT2D eigenvalue weighted by Crippen LogP contribution is -2.27. The van der Waals surface area contributed by atoms with Crippen LogP contribution in [0.4, 0.5) is 23.0 Å². The number of ether oxygens (including phenoxy) is 1. The molecule has 0 radical (unpaired) electrons. The summed E-state index contributed by atoms with van der Waals surface area (Å²) in [7, 11) is 0. The van der Waals surface area contributed by atoms with E-state index in [1.54, 1.807) is 29.2 Å². The Morgan fingerprint density at radius 3 is 2.40 bits per heavy atom. The second-order valence-corrected chi connectivity index (χ2v) is 6.31. The molecule has 0 amide bonds. The van der Waals surface area contributed by atoms with Crippen molar-refractivity contribution in [2.24, 2.45) is 0 Å². The summed E-state index contributed by atoms with van der Waals surface area (Å²) in [5, 5.41) is 32.5. The molecular formula is C20H23N7O3. The molecule has 0 bridgehead atoms. The summed E-state index contributed by atoms with van der Waals surface area (Å²) in [6.45, 7) is 3.16. The second-order valence-electron chi connectivity index (χ2n) is 6.31. The lowest BCUT2D eigenvalue weighted by molar-refractivity contribution is -0.383. The molecule has 10 heteroatoms. The van der Waals surface area contributed by atoms with E-state index in [2.05, 4.69) is 22.2 Å². The van der Waals surface area contributed by atoms with Crippen molar-refractivity contribution >= 4 is 23.0 Å². The summed E-state index contributed by atoms with van der Waals surface area (Å²) >= 11 is 0. The zero-order valence-electron chi connectivity index (χ0n) is 16.7. The number of nitriles is 2.